The molecule has 0 bridgehead atoms. The molecule has 2 aliphatic heterocycles. The second kappa shape index (κ2) is 8.32. The standard InChI is InChI=1S/C13H20N4O3S2.C2HF3O2/c1-8-15-16-13(21-8)17-5-11-9(7-20-12(11)6-17)4-14-22(18,19)10-2-3-10;3-2(4,5)1(6)7/h9-12,14H,2-7H2,1H3;(H,6,7)/t9-,11+,12+;/m0./s1. The van der Waals surface area contributed by atoms with E-state index in [2.05, 4.69) is 19.8 Å². The summed E-state index contributed by atoms with van der Waals surface area (Å²) in [5, 5.41) is 17.1. The summed E-state index contributed by atoms with van der Waals surface area (Å²) in [6.07, 6.45) is -3.31. The molecule has 2 saturated heterocycles. The zero-order valence-electron chi connectivity index (χ0n) is 15.4. The van der Waals surface area contributed by atoms with Crippen molar-refractivity contribution >= 4 is 32.5 Å². The molecule has 0 unspecified atom stereocenters. The van der Waals surface area contributed by atoms with Crippen molar-refractivity contribution in [2.75, 3.05) is 31.1 Å². The second-order valence-electron chi connectivity index (χ2n) is 7.20. The Balaban J connectivity index is 0.000000298. The molecule has 3 heterocycles. The van der Waals surface area contributed by atoms with Crippen LogP contribution in [0.25, 0.3) is 0 Å². The van der Waals surface area contributed by atoms with Gasteiger partial charge in [0, 0.05) is 31.5 Å². The number of fused-ring (bicyclic) bond motifs is 1. The number of ether oxygens (including phenoxy) is 1. The van der Waals surface area contributed by atoms with Crippen LogP contribution < -0.4 is 9.62 Å². The Labute approximate surface area is 169 Å². The van der Waals surface area contributed by atoms with Gasteiger partial charge >= 0.3 is 12.1 Å². The third-order valence-corrected chi connectivity index (χ3v) is 7.79. The van der Waals surface area contributed by atoms with Gasteiger partial charge in [0.2, 0.25) is 15.2 Å². The van der Waals surface area contributed by atoms with Gasteiger partial charge in [0.1, 0.15) is 5.01 Å². The van der Waals surface area contributed by atoms with Gasteiger partial charge in [-0.1, -0.05) is 11.3 Å². The molecular formula is C15H21F3N4O5S2. The van der Waals surface area contributed by atoms with Gasteiger partial charge < -0.3 is 14.7 Å². The van der Waals surface area contributed by atoms with Crippen LogP contribution in [0.3, 0.4) is 0 Å². The van der Waals surface area contributed by atoms with Crippen molar-refractivity contribution in [3.05, 3.63) is 5.01 Å². The van der Waals surface area contributed by atoms with Gasteiger partial charge in [-0.15, -0.1) is 10.2 Å². The maximum absolute atomic E-state index is 12.0. The molecule has 1 aromatic rings. The minimum Gasteiger partial charge on any atom is -0.475 e. The van der Waals surface area contributed by atoms with Crippen LogP contribution in [0.4, 0.5) is 18.3 Å². The van der Waals surface area contributed by atoms with Crippen molar-refractivity contribution in [3.63, 3.8) is 0 Å². The third kappa shape index (κ3) is 5.55. The topological polar surface area (TPSA) is 122 Å². The molecule has 3 atom stereocenters. The van der Waals surface area contributed by atoms with Gasteiger partial charge in [-0.3, -0.25) is 0 Å². The van der Waals surface area contributed by atoms with Crippen molar-refractivity contribution in [2.24, 2.45) is 11.8 Å². The number of nitrogens with one attached hydrogen (secondary N) is 1. The van der Waals surface area contributed by atoms with Crippen LogP contribution in [0.15, 0.2) is 0 Å². The summed E-state index contributed by atoms with van der Waals surface area (Å²) >= 11 is 1.59. The van der Waals surface area contributed by atoms with E-state index < -0.39 is 22.2 Å². The monoisotopic (exact) mass is 458 g/mol. The Hall–Kier alpha value is -1.51. The molecule has 0 spiro atoms. The lowest BCUT2D eigenvalue weighted by atomic mass is 9.93. The number of hydrogen-bond acceptors (Lipinski definition) is 8. The number of anilines is 1. The van der Waals surface area contributed by atoms with E-state index in [-0.39, 0.29) is 17.3 Å². The lowest BCUT2D eigenvalue weighted by Gasteiger charge is -2.19. The van der Waals surface area contributed by atoms with E-state index in [1.54, 1.807) is 11.3 Å². The summed E-state index contributed by atoms with van der Waals surface area (Å²) in [5.41, 5.74) is 0. The fourth-order valence-corrected chi connectivity index (χ4v) is 5.44. The number of aryl methyl sites for hydroxylation is 1. The molecular weight excluding hydrogens is 437 g/mol. The smallest absolute Gasteiger partial charge is 0.475 e. The average molecular weight is 458 g/mol. The van der Waals surface area contributed by atoms with Crippen LogP contribution in [0.5, 0.6) is 0 Å². The molecule has 0 amide bonds. The van der Waals surface area contributed by atoms with Crippen LogP contribution >= 0.6 is 11.3 Å². The number of nitrogens with zero attached hydrogens (tertiary/aromatic N) is 3. The lowest BCUT2D eigenvalue weighted by molar-refractivity contribution is -0.192. The first-order chi connectivity index (χ1) is 13.5. The van der Waals surface area contributed by atoms with Gasteiger partial charge in [-0.25, -0.2) is 17.9 Å². The molecule has 3 fully saturated rings. The van der Waals surface area contributed by atoms with Crippen LogP contribution in [0, 0.1) is 18.8 Å². The molecule has 0 aromatic carbocycles. The summed E-state index contributed by atoms with van der Waals surface area (Å²) in [6.45, 7) is 4.78. The number of carbonyl (C=O) groups is 1. The number of carboxylic acid groups (broad SMARTS) is 1. The van der Waals surface area contributed by atoms with Gasteiger partial charge in [0.05, 0.1) is 18.0 Å². The maximum atomic E-state index is 12.0. The minimum atomic E-state index is -5.08. The van der Waals surface area contributed by atoms with Crippen molar-refractivity contribution < 1.29 is 36.2 Å². The number of sulfonamides is 1. The molecule has 1 saturated carbocycles. The number of hydrogen-bond donors (Lipinski definition) is 2. The highest BCUT2D eigenvalue weighted by Crippen LogP contribution is 2.37. The Morgan fingerprint density at radius 2 is 2.00 bits per heavy atom. The first kappa shape index (κ1) is 22.2. The van der Waals surface area contributed by atoms with Gasteiger partial charge in [-0.2, -0.15) is 13.2 Å². The number of carboxylic acids is 1. The van der Waals surface area contributed by atoms with Crippen molar-refractivity contribution in [1.29, 1.82) is 0 Å². The molecule has 164 valence electrons. The Bertz CT molecular complexity index is 843. The summed E-state index contributed by atoms with van der Waals surface area (Å²) in [6, 6.07) is 0. The summed E-state index contributed by atoms with van der Waals surface area (Å²) in [7, 11) is -3.11. The molecule has 0 radical (unpaired) electrons. The van der Waals surface area contributed by atoms with Crippen molar-refractivity contribution in [2.45, 2.75) is 37.3 Å². The van der Waals surface area contributed by atoms with Crippen molar-refractivity contribution in [1.82, 2.24) is 14.9 Å². The van der Waals surface area contributed by atoms with Crippen LogP contribution in [0.2, 0.25) is 0 Å². The van der Waals surface area contributed by atoms with E-state index in [0.29, 0.717) is 19.1 Å². The SMILES string of the molecule is Cc1nnc(N2C[C@@H]3[C@@H](CNS(=O)(=O)C4CC4)CO[C@@H]3C2)s1.O=C(O)C(F)(F)F. The van der Waals surface area contributed by atoms with Crippen molar-refractivity contribution in [3.8, 4) is 0 Å². The summed E-state index contributed by atoms with van der Waals surface area (Å²) in [5.74, 6) is -2.14. The zero-order chi connectivity index (χ0) is 21.4. The summed E-state index contributed by atoms with van der Waals surface area (Å²) in [4.78, 5) is 11.1. The van der Waals surface area contributed by atoms with E-state index in [4.69, 9.17) is 14.6 Å². The van der Waals surface area contributed by atoms with E-state index in [0.717, 1.165) is 36.1 Å². The number of alkyl halides is 3. The first-order valence-corrected chi connectivity index (χ1v) is 11.3. The molecule has 4 rings (SSSR count). The number of halogens is 3. The Kier molecular flexibility index (Phi) is 6.36. The fraction of sp³-hybridized carbons (Fsp3) is 0.800. The van der Waals surface area contributed by atoms with Crippen LogP contribution in [0.1, 0.15) is 17.8 Å². The fourth-order valence-electron chi connectivity index (χ4n) is 3.30. The average Bonchev–Trinajstić information content (AvgIpc) is 3.11. The molecule has 29 heavy (non-hydrogen) atoms. The normalized spacial score (nSPS) is 26.8. The zero-order valence-corrected chi connectivity index (χ0v) is 17.1. The molecule has 14 heteroatoms. The van der Waals surface area contributed by atoms with E-state index in [9.17, 15) is 21.6 Å². The lowest BCUT2D eigenvalue weighted by Crippen LogP contribution is -2.35. The van der Waals surface area contributed by atoms with E-state index in [1.165, 1.54) is 0 Å². The molecule has 3 aliphatic rings. The quantitative estimate of drug-likeness (QED) is 0.671. The Morgan fingerprint density at radius 3 is 2.52 bits per heavy atom. The molecule has 9 nitrogen and oxygen atoms in total. The highest BCUT2D eigenvalue weighted by molar-refractivity contribution is 7.90. The number of aromatic nitrogens is 2. The molecule has 1 aliphatic carbocycles. The van der Waals surface area contributed by atoms with Gasteiger partial charge in [0.15, 0.2) is 0 Å². The first-order valence-electron chi connectivity index (χ1n) is 8.92. The molecule has 1 aromatic heterocycles. The summed E-state index contributed by atoms with van der Waals surface area (Å²) < 4.78 is 64.3. The second-order valence-corrected chi connectivity index (χ2v) is 10.4. The van der Waals surface area contributed by atoms with Gasteiger partial charge in [-0.05, 0) is 19.8 Å². The van der Waals surface area contributed by atoms with E-state index in [1.807, 2.05) is 6.92 Å². The van der Waals surface area contributed by atoms with Crippen LogP contribution in [-0.2, 0) is 19.6 Å². The number of rotatable bonds is 5. The van der Waals surface area contributed by atoms with Gasteiger partial charge in [0.25, 0.3) is 0 Å². The minimum absolute atomic E-state index is 0.157. The molecule has 2 N–H and O–H groups in total. The Morgan fingerprint density at radius 1 is 1.34 bits per heavy atom. The third-order valence-electron chi connectivity index (χ3n) is 4.98. The largest absolute Gasteiger partial charge is 0.490 e. The highest BCUT2D eigenvalue weighted by Gasteiger charge is 2.45. The van der Waals surface area contributed by atoms with Crippen LogP contribution in [-0.4, -0.2) is 73.5 Å². The van der Waals surface area contributed by atoms with E-state index >= 15 is 0 Å². The predicted molar refractivity (Wildman–Crippen MR) is 97.2 cm³/mol. The maximum Gasteiger partial charge on any atom is 0.490 e. The predicted octanol–water partition coefficient (Wildman–Crippen LogP) is 1.01. The highest BCUT2D eigenvalue weighted by atomic mass is 32.2. The number of aliphatic carboxylic acids is 1.